The van der Waals surface area contributed by atoms with E-state index in [1.165, 1.54) is 23.1 Å². The van der Waals surface area contributed by atoms with Crippen LogP contribution < -0.4 is 10.6 Å². The minimum absolute atomic E-state index is 0.0802. The number of amides is 2. The first-order chi connectivity index (χ1) is 17.2. The fraction of sp³-hybridized carbons (Fsp3) is 0.591. The summed E-state index contributed by atoms with van der Waals surface area (Å²) in [5.74, 6) is -0.483. The SMILES string of the molecule is CC(C)[C@@H]1NC(=O)[C@]2(C)CSC(=N2)c2csc(n2)CNC(=O)C[C@@H](Cn2nncc2CCS)OC1=O. The number of rotatable bonds is 5. The van der Waals surface area contributed by atoms with Gasteiger partial charge in [-0.2, -0.15) is 12.6 Å². The number of aryl methyl sites for hydroxylation is 1. The number of fused-ring (bicyclic) bond motifs is 4. The molecule has 36 heavy (non-hydrogen) atoms. The van der Waals surface area contributed by atoms with E-state index >= 15 is 0 Å². The van der Waals surface area contributed by atoms with Crippen molar-refractivity contribution < 1.29 is 19.1 Å². The van der Waals surface area contributed by atoms with Crippen LogP contribution in [0.4, 0.5) is 0 Å². The van der Waals surface area contributed by atoms with Crippen LogP contribution in [-0.2, 0) is 38.6 Å². The lowest BCUT2D eigenvalue weighted by Gasteiger charge is -2.27. The average Bonchev–Trinajstić information content (AvgIpc) is 3.56. The van der Waals surface area contributed by atoms with Crippen molar-refractivity contribution in [3.05, 3.63) is 28.0 Å². The molecule has 194 valence electrons. The first-order valence-electron chi connectivity index (χ1n) is 11.6. The second kappa shape index (κ2) is 11.3. The highest BCUT2D eigenvalue weighted by Crippen LogP contribution is 2.32. The van der Waals surface area contributed by atoms with Crippen LogP contribution in [0.2, 0.25) is 0 Å². The monoisotopic (exact) mass is 551 g/mol. The van der Waals surface area contributed by atoms with Gasteiger partial charge < -0.3 is 15.4 Å². The van der Waals surface area contributed by atoms with Crippen molar-refractivity contribution >= 4 is 58.6 Å². The Bertz CT molecular complexity index is 1160. The van der Waals surface area contributed by atoms with Crippen molar-refractivity contribution in [2.45, 2.75) is 64.4 Å². The molecule has 4 rings (SSSR count). The van der Waals surface area contributed by atoms with Crippen LogP contribution in [0, 0.1) is 5.92 Å². The van der Waals surface area contributed by atoms with Crippen LogP contribution in [0.25, 0.3) is 0 Å². The van der Waals surface area contributed by atoms with Crippen LogP contribution in [-0.4, -0.2) is 72.0 Å². The smallest absolute Gasteiger partial charge is 0.329 e. The van der Waals surface area contributed by atoms with Gasteiger partial charge in [-0.25, -0.2) is 14.5 Å². The van der Waals surface area contributed by atoms with Crippen LogP contribution in [0.15, 0.2) is 16.6 Å². The first-order valence-corrected chi connectivity index (χ1v) is 14.1. The summed E-state index contributed by atoms with van der Waals surface area (Å²) in [5, 5.41) is 17.0. The summed E-state index contributed by atoms with van der Waals surface area (Å²) in [6, 6.07) is -0.907. The Morgan fingerprint density at radius 2 is 2.14 bits per heavy atom. The summed E-state index contributed by atoms with van der Waals surface area (Å²) >= 11 is 7.12. The molecular weight excluding hydrogens is 522 g/mol. The van der Waals surface area contributed by atoms with Gasteiger partial charge in [-0.05, 0) is 25.0 Å². The maximum atomic E-state index is 13.3. The summed E-state index contributed by atoms with van der Waals surface area (Å²) in [4.78, 5) is 48.6. The van der Waals surface area contributed by atoms with E-state index in [4.69, 9.17) is 4.74 Å². The number of carbonyl (C=O) groups is 3. The number of aliphatic imine (C=N–C) groups is 1. The zero-order chi connectivity index (χ0) is 25.9. The summed E-state index contributed by atoms with van der Waals surface area (Å²) in [6.07, 6.45) is 1.35. The molecule has 2 aliphatic heterocycles. The molecule has 2 amide bonds. The van der Waals surface area contributed by atoms with Crippen molar-refractivity contribution in [1.29, 1.82) is 0 Å². The molecule has 0 aliphatic carbocycles. The summed E-state index contributed by atoms with van der Waals surface area (Å²) in [7, 11) is 0. The molecule has 0 fully saturated rings. The Balaban J connectivity index is 1.63. The number of cyclic esters (lactones) is 1. The molecule has 14 heteroatoms. The number of thiazole rings is 1. The van der Waals surface area contributed by atoms with Gasteiger partial charge in [0, 0.05) is 11.1 Å². The van der Waals surface area contributed by atoms with Gasteiger partial charge in [-0.1, -0.05) is 19.1 Å². The number of esters is 1. The summed E-state index contributed by atoms with van der Waals surface area (Å²) in [5.41, 5.74) is 0.459. The Labute approximate surface area is 222 Å². The maximum Gasteiger partial charge on any atom is 0.329 e. The van der Waals surface area contributed by atoms with E-state index in [1.807, 2.05) is 19.2 Å². The molecule has 0 saturated carbocycles. The van der Waals surface area contributed by atoms with E-state index in [2.05, 4.69) is 43.6 Å². The van der Waals surface area contributed by atoms with Gasteiger partial charge in [-0.15, -0.1) is 28.2 Å². The third kappa shape index (κ3) is 6.09. The van der Waals surface area contributed by atoms with Gasteiger partial charge in [0.05, 0.1) is 31.4 Å². The van der Waals surface area contributed by atoms with E-state index in [9.17, 15) is 14.4 Å². The third-order valence-electron chi connectivity index (χ3n) is 5.88. The van der Waals surface area contributed by atoms with E-state index < -0.39 is 23.7 Å². The predicted octanol–water partition coefficient (Wildman–Crippen LogP) is 1.23. The van der Waals surface area contributed by atoms with Crippen molar-refractivity contribution in [3.8, 4) is 0 Å². The molecule has 2 aromatic heterocycles. The molecular formula is C22H29N7O4S3. The van der Waals surface area contributed by atoms with Gasteiger partial charge in [0.25, 0.3) is 0 Å². The molecule has 11 nitrogen and oxygen atoms in total. The molecule has 0 aromatic carbocycles. The summed E-state index contributed by atoms with van der Waals surface area (Å²) in [6.45, 7) is 5.78. The number of ether oxygens (including phenoxy) is 1. The normalized spacial score (nSPS) is 25.4. The fourth-order valence-electron chi connectivity index (χ4n) is 3.80. The quantitative estimate of drug-likeness (QED) is 0.372. The van der Waals surface area contributed by atoms with Crippen molar-refractivity contribution in [3.63, 3.8) is 0 Å². The van der Waals surface area contributed by atoms with Gasteiger partial charge in [0.2, 0.25) is 11.8 Å². The number of aromatic nitrogens is 4. The summed E-state index contributed by atoms with van der Waals surface area (Å²) < 4.78 is 7.43. The highest BCUT2D eigenvalue weighted by atomic mass is 32.2. The maximum absolute atomic E-state index is 13.3. The average molecular weight is 552 g/mol. The Morgan fingerprint density at radius 3 is 2.89 bits per heavy atom. The lowest BCUT2D eigenvalue weighted by molar-refractivity contribution is -0.156. The number of nitrogens with zero attached hydrogens (tertiary/aromatic N) is 5. The number of hydrogen-bond donors (Lipinski definition) is 3. The lowest BCUT2D eigenvalue weighted by Crippen LogP contribution is -2.53. The molecule has 4 heterocycles. The van der Waals surface area contributed by atoms with E-state index in [0.717, 1.165) is 5.69 Å². The van der Waals surface area contributed by atoms with Gasteiger partial charge in [0.1, 0.15) is 33.4 Å². The highest BCUT2D eigenvalue weighted by molar-refractivity contribution is 8.14. The number of nitrogens with one attached hydrogen (secondary N) is 2. The molecule has 2 N–H and O–H groups in total. The Kier molecular flexibility index (Phi) is 8.35. The fourth-order valence-corrected chi connectivity index (χ4v) is 5.95. The van der Waals surface area contributed by atoms with E-state index in [0.29, 0.717) is 33.7 Å². The van der Waals surface area contributed by atoms with E-state index in [-0.39, 0.29) is 37.2 Å². The first kappa shape index (κ1) is 26.6. The zero-order valence-electron chi connectivity index (χ0n) is 20.3. The lowest BCUT2D eigenvalue weighted by atomic mass is 10.0. The molecule has 0 radical (unpaired) electrons. The molecule has 2 aromatic rings. The van der Waals surface area contributed by atoms with Crippen molar-refractivity contribution in [2.75, 3.05) is 11.5 Å². The molecule has 0 unspecified atom stereocenters. The van der Waals surface area contributed by atoms with Gasteiger partial charge in [0.15, 0.2) is 0 Å². The van der Waals surface area contributed by atoms with Crippen LogP contribution in [0.1, 0.15) is 43.6 Å². The second-order valence-electron chi connectivity index (χ2n) is 9.22. The van der Waals surface area contributed by atoms with E-state index in [1.54, 1.807) is 17.8 Å². The third-order valence-corrected chi connectivity index (χ3v) is 8.23. The van der Waals surface area contributed by atoms with Crippen molar-refractivity contribution in [1.82, 2.24) is 30.6 Å². The molecule has 0 spiro atoms. The van der Waals surface area contributed by atoms with Crippen molar-refractivity contribution in [2.24, 2.45) is 10.9 Å². The Morgan fingerprint density at radius 1 is 1.33 bits per heavy atom. The topological polar surface area (TPSA) is 140 Å². The van der Waals surface area contributed by atoms with Crippen LogP contribution >= 0.6 is 35.7 Å². The predicted molar refractivity (Wildman–Crippen MR) is 140 cm³/mol. The van der Waals surface area contributed by atoms with Gasteiger partial charge in [-0.3, -0.25) is 14.6 Å². The number of thioether (sulfide) groups is 1. The second-order valence-corrected chi connectivity index (χ2v) is 11.6. The largest absolute Gasteiger partial charge is 0.458 e. The molecule has 0 saturated heterocycles. The highest BCUT2D eigenvalue weighted by Gasteiger charge is 2.42. The zero-order valence-corrected chi connectivity index (χ0v) is 22.8. The minimum atomic E-state index is -1.04. The van der Waals surface area contributed by atoms with Crippen LogP contribution in [0.3, 0.4) is 0 Å². The Hall–Kier alpha value is -2.45. The standard InChI is InChI=1S/C22H29N7O4S3/c1-12(2)18-20(31)33-14(9-29-13(4-5-34)7-24-28-29)6-16(30)23-8-17-25-15(10-35-17)19-27-22(3,11-36-19)21(32)26-18/h7,10,12,14,18,34H,4-6,8-9,11H2,1-3H3,(H,23,30)(H,26,32)/t14-,18-,22-/m0/s1. The number of thiol groups is 1. The number of hydrogen-bond acceptors (Lipinski definition) is 11. The molecule has 3 atom stereocenters. The number of carbonyl (C=O) groups excluding carboxylic acids is 3. The molecule has 4 bridgehead atoms. The minimum Gasteiger partial charge on any atom is -0.458 e. The van der Waals surface area contributed by atoms with Crippen LogP contribution in [0.5, 0.6) is 0 Å². The van der Waals surface area contributed by atoms with Gasteiger partial charge >= 0.3 is 5.97 Å². The molecule has 2 aliphatic rings.